The van der Waals surface area contributed by atoms with E-state index in [1.807, 2.05) is 0 Å². The van der Waals surface area contributed by atoms with Crippen molar-refractivity contribution in [3.63, 3.8) is 0 Å². The average Bonchev–Trinajstić information content (AvgIpc) is 2.77. The molecule has 2 N–H and O–H groups in total. The molecule has 2 rings (SSSR count). The summed E-state index contributed by atoms with van der Waals surface area (Å²) < 4.78 is 12.4. The molecule has 0 aliphatic rings. The Morgan fingerprint density at radius 1 is 1.08 bits per heavy atom. The molecule has 2 heterocycles. The number of H-pyrrole nitrogens is 2. The van der Waals surface area contributed by atoms with Crippen molar-refractivity contribution in [2.75, 3.05) is 0 Å². The zero-order chi connectivity index (χ0) is 8.39. The summed E-state index contributed by atoms with van der Waals surface area (Å²) in [5, 5.41) is 19.3. The molecule has 0 aliphatic heterocycles. The average molecular weight is 231 g/mol. The van der Waals surface area contributed by atoms with Crippen molar-refractivity contribution >= 4 is 23.0 Å². The van der Waals surface area contributed by atoms with E-state index in [1.165, 1.54) is 12.4 Å². The van der Waals surface area contributed by atoms with Crippen LogP contribution in [0.5, 0.6) is 0 Å². The van der Waals surface area contributed by atoms with Crippen LogP contribution in [0.1, 0.15) is 0 Å². The van der Waals surface area contributed by atoms with Crippen LogP contribution < -0.4 is 9.18 Å². The standard InChI is InChI=1S/C4H4N6OSe/c11-12(3-1-5-9-7-3)4-2-6-10-8-4/h1-2H,(H,5,7,9)(H,6,8,10). The first-order chi connectivity index (χ1) is 5.88. The third-order valence-corrected chi connectivity index (χ3v) is 3.59. The molecule has 2 aromatic rings. The number of hydrogen-bond donors (Lipinski definition) is 2. The molecule has 0 fully saturated rings. The molecule has 0 spiro atoms. The van der Waals surface area contributed by atoms with Gasteiger partial charge in [0.2, 0.25) is 0 Å². The van der Waals surface area contributed by atoms with Gasteiger partial charge in [-0.25, -0.2) is 0 Å². The van der Waals surface area contributed by atoms with E-state index in [2.05, 4.69) is 30.8 Å². The summed E-state index contributed by atoms with van der Waals surface area (Å²) >= 11 is -2.34. The molecule has 0 saturated carbocycles. The fraction of sp³-hybridized carbons (Fsp3) is 0. The first kappa shape index (κ1) is 7.26. The van der Waals surface area contributed by atoms with Gasteiger partial charge in [-0.1, -0.05) is 0 Å². The van der Waals surface area contributed by atoms with Crippen molar-refractivity contribution < 1.29 is 3.83 Å². The first-order valence-corrected chi connectivity index (χ1v) is 5.42. The van der Waals surface area contributed by atoms with Crippen molar-refractivity contribution in [3.05, 3.63) is 12.4 Å². The first-order valence-electron chi connectivity index (χ1n) is 3.01. The second kappa shape index (κ2) is 2.92. The Bertz CT molecular complexity index is 330. The summed E-state index contributed by atoms with van der Waals surface area (Å²) in [7, 11) is 0. The van der Waals surface area contributed by atoms with E-state index in [9.17, 15) is 3.83 Å². The minimum absolute atomic E-state index is 0.434. The molecule has 0 atom stereocenters. The van der Waals surface area contributed by atoms with Gasteiger partial charge in [-0.2, -0.15) is 0 Å². The fourth-order valence-electron chi connectivity index (χ4n) is 0.668. The van der Waals surface area contributed by atoms with Gasteiger partial charge in [0.25, 0.3) is 0 Å². The van der Waals surface area contributed by atoms with E-state index in [1.54, 1.807) is 0 Å². The van der Waals surface area contributed by atoms with Crippen LogP contribution in [0.3, 0.4) is 0 Å². The normalized spacial score (nSPS) is 10.8. The van der Waals surface area contributed by atoms with Gasteiger partial charge in [0, 0.05) is 0 Å². The van der Waals surface area contributed by atoms with E-state index in [-0.39, 0.29) is 0 Å². The van der Waals surface area contributed by atoms with Crippen molar-refractivity contribution in [2.24, 2.45) is 0 Å². The molecule has 0 amide bonds. The predicted octanol–water partition coefficient (Wildman–Crippen LogP) is -2.54. The molecule has 0 aliphatic carbocycles. The van der Waals surface area contributed by atoms with Gasteiger partial charge in [0.1, 0.15) is 0 Å². The van der Waals surface area contributed by atoms with E-state index < -0.39 is 13.8 Å². The molecule has 0 radical (unpaired) electrons. The molecule has 0 aromatic carbocycles. The predicted molar refractivity (Wildman–Crippen MR) is 38.5 cm³/mol. The minimum atomic E-state index is -2.34. The van der Waals surface area contributed by atoms with Crippen LogP contribution in [0.25, 0.3) is 0 Å². The number of rotatable bonds is 2. The quantitative estimate of drug-likeness (QED) is 0.554. The van der Waals surface area contributed by atoms with Crippen LogP contribution in [0, 0.1) is 0 Å². The molecule has 0 unspecified atom stereocenters. The summed E-state index contributed by atoms with van der Waals surface area (Å²) in [6, 6.07) is 0. The fourth-order valence-corrected chi connectivity index (χ4v) is 2.26. The van der Waals surface area contributed by atoms with E-state index >= 15 is 0 Å². The summed E-state index contributed by atoms with van der Waals surface area (Å²) in [6.07, 6.45) is 2.85. The van der Waals surface area contributed by atoms with Gasteiger partial charge in [-0.15, -0.1) is 0 Å². The molecule has 12 heavy (non-hydrogen) atoms. The van der Waals surface area contributed by atoms with Gasteiger partial charge in [0.15, 0.2) is 0 Å². The van der Waals surface area contributed by atoms with Gasteiger partial charge in [-0.3, -0.25) is 0 Å². The molecular formula is C4H4N6OSe. The van der Waals surface area contributed by atoms with Crippen LogP contribution in [0.4, 0.5) is 0 Å². The van der Waals surface area contributed by atoms with Crippen molar-refractivity contribution in [2.45, 2.75) is 0 Å². The summed E-state index contributed by atoms with van der Waals surface area (Å²) in [4.78, 5) is 0. The number of nitrogens with zero attached hydrogens (tertiary/aromatic N) is 4. The second-order valence-electron chi connectivity index (χ2n) is 1.89. The van der Waals surface area contributed by atoms with Crippen LogP contribution in [-0.2, 0) is 3.83 Å². The Labute approximate surface area is 70.7 Å². The maximum absolute atomic E-state index is 11.5. The van der Waals surface area contributed by atoms with Crippen molar-refractivity contribution in [3.8, 4) is 0 Å². The Balaban J connectivity index is 2.34. The molecule has 62 valence electrons. The Kier molecular flexibility index (Phi) is 1.76. The van der Waals surface area contributed by atoms with Gasteiger partial charge >= 0.3 is 70.1 Å². The Hall–Kier alpha value is -1.40. The van der Waals surface area contributed by atoms with E-state index in [0.717, 1.165) is 0 Å². The third-order valence-electron chi connectivity index (χ3n) is 1.17. The zero-order valence-corrected chi connectivity index (χ0v) is 7.47. The molecule has 8 heteroatoms. The molecule has 0 saturated heterocycles. The summed E-state index contributed by atoms with van der Waals surface area (Å²) in [6.45, 7) is 0. The SMILES string of the molecule is O=[Se](c1cn[nH]n1)c1cn[nH]n1. The van der Waals surface area contributed by atoms with Crippen LogP contribution in [0.15, 0.2) is 12.4 Å². The van der Waals surface area contributed by atoms with Gasteiger partial charge in [0.05, 0.1) is 0 Å². The van der Waals surface area contributed by atoms with Crippen LogP contribution in [-0.4, -0.2) is 44.7 Å². The second-order valence-corrected chi connectivity index (χ2v) is 4.77. The van der Waals surface area contributed by atoms with Gasteiger partial charge < -0.3 is 0 Å². The number of aromatic amines is 2. The maximum atomic E-state index is 11.5. The summed E-state index contributed by atoms with van der Waals surface area (Å²) in [5.41, 5.74) is 0. The topological polar surface area (TPSA) is 100 Å². The monoisotopic (exact) mass is 232 g/mol. The number of hydrogen-bond acceptors (Lipinski definition) is 5. The van der Waals surface area contributed by atoms with Gasteiger partial charge in [-0.05, 0) is 0 Å². The van der Waals surface area contributed by atoms with E-state index in [0.29, 0.717) is 9.18 Å². The van der Waals surface area contributed by atoms with Crippen molar-refractivity contribution in [1.82, 2.24) is 30.8 Å². The van der Waals surface area contributed by atoms with Crippen molar-refractivity contribution in [1.29, 1.82) is 0 Å². The summed E-state index contributed by atoms with van der Waals surface area (Å²) in [5.74, 6) is 0. The molecule has 2 aromatic heterocycles. The van der Waals surface area contributed by atoms with Crippen LogP contribution >= 0.6 is 0 Å². The molecule has 7 nitrogen and oxygen atoms in total. The Morgan fingerprint density at radius 3 is 1.92 bits per heavy atom. The zero-order valence-electron chi connectivity index (χ0n) is 5.76. The van der Waals surface area contributed by atoms with E-state index in [4.69, 9.17) is 0 Å². The number of aromatic nitrogens is 6. The van der Waals surface area contributed by atoms with Crippen LogP contribution in [0.2, 0.25) is 0 Å². The Morgan fingerprint density at radius 2 is 1.58 bits per heavy atom. The number of nitrogens with one attached hydrogen (secondary N) is 2. The molecule has 0 bridgehead atoms. The third kappa shape index (κ3) is 1.17. The molecular weight excluding hydrogens is 227 g/mol.